The molecule has 2 unspecified atom stereocenters. The van der Waals surface area contributed by atoms with Gasteiger partial charge in [-0.2, -0.15) is 0 Å². The van der Waals surface area contributed by atoms with Crippen molar-refractivity contribution in [2.24, 2.45) is 5.92 Å². The first kappa shape index (κ1) is 18.3. The fraction of sp³-hybridized carbons (Fsp3) is 0.941. The summed E-state index contributed by atoms with van der Waals surface area (Å²) in [6.45, 7) is 14.3. The number of carbonyl (C=O) groups excluding carboxylic acids is 1. The lowest BCUT2D eigenvalue weighted by atomic mass is 10.0. The number of nitrogens with one attached hydrogen (secondary N) is 1. The van der Waals surface area contributed by atoms with Crippen LogP contribution < -0.4 is 5.32 Å². The molecule has 4 nitrogen and oxygen atoms in total. The number of nitrogens with zero attached hydrogens (tertiary/aromatic N) is 1. The van der Waals surface area contributed by atoms with Crippen LogP contribution in [0.15, 0.2) is 0 Å². The van der Waals surface area contributed by atoms with Crippen LogP contribution in [0.2, 0.25) is 0 Å². The Morgan fingerprint density at radius 3 is 2.57 bits per heavy atom. The highest BCUT2D eigenvalue weighted by molar-refractivity contribution is 5.68. The molecule has 0 aromatic rings. The summed E-state index contributed by atoms with van der Waals surface area (Å²) < 4.78 is 5.51. The molecule has 0 bridgehead atoms. The third-order valence-electron chi connectivity index (χ3n) is 4.13. The van der Waals surface area contributed by atoms with Crippen molar-refractivity contribution in [1.82, 2.24) is 10.2 Å². The fourth-order valence-corrected chi connectivity index (χ4v) is 2.98. The maximum absolute atomic E-state index is 12.2. The summed E-state index contributed by atoms with van der Waals surface area (Å²) in [7, 11) is 0. The van der Waals surface area contributed by atoms with Crippen molar-refractivity contribution in [3.63, 3.8) is 0 Å². The van der Waals surface area contributed by atoms with Crippen LogP contribution >= 0.6 is 0 Å². The molecular formula is C17H34N2O2. The Hall–Kier alpha value is -0.770. The number of hydrogen-bond donors (Lipinski definition) is 1. The minimum atomic E-state index is -0.409. The highest BCUT2D eigenvalue weighted by Crippen LogP contribution is 2.22. The van der Waals surface area contributed by atoms with E-state index in [1.54, 1.807) is 0 Å². The first-order valence-electron chi connectivity index (χ1n) is 8.47. The zero-order valence-corrected chi connectivity index (χ0v) is 14.7. The SMILES string of the molecule is CCC(NCCC1CCCN1C(=O)OC(C)(C)C)C(C)C. The maximum atomic E-state index is 12.2. The quantitative estimate of drug-likeness (QED) is 0.811. The Balaban J connectivity index is 2.42. The summed E-state index contributed by atoms with van der Waals surface area (Å²) in [6.07, 6.45) is 4.20. The lowest BCUT2D eigenvalue weighted by Gasteiger charge is -2.29. The smallest absolute Gasteiger partial charge is 0.410 e. The first-order valence-corrected chi connectivity index (χ1v) is 8.47. The molecule has 0 aromatic carbocycles. The third-order valence-corrected chi connectivity index (χ3v) is 4.13. The molecule has 0 aromatic heterocycles. The van der Waals surface area contributed by atoms with Gasteiger partial charge in [-0.05, 0) is 58.9 Å². The van der Waals surface area contributed by atoms with E-state index in [-0.39, 0.29) is 6.09 Å². The minimum Gasteiger partial charge on any atom is -0.444 e. The standard InChI is InChI=1S/C17H34N2O2/c1-7-15(13(2)3)18-11-10-14-9-8-12-19(14)16(20)21-17(4,5)6/h13-15,18H,7-12H2,1-6H3. The van der Waals surface area contributed by atoms with Gasteiger partial charge < -0.3 is 15.0 Å². The zero-order chi connectivity index (χ0) is 16.0. The molecule has 0 radical (unpaired) electrons. The number of rotatable bonds is 6. The van der Waals surface area contributed by atoms with Gasteiger partial charge in [-0.3, -0.25) is 0 Å². The van der Waals surface area contributed by atoms with E-state index in [1.165, 1.54) is 0 Å². The molecule has 1 heterocycles. The highest BCUT2D eigenvalue weighted by Gasteiger charge is 2.31. The Morgan fingerprint density at radius 2 is 2.05 bits per heavy atom. The fourth-order valence-electron chi connectivity index (χ4n) is 2.98. The maximum Gasteiger partial charge on any atom is 0.410 e. The molecule has 1 saturated heterocycles. The molecular weight excluding hydrogens is 264 g/mol. The molecule has 1 amide bonds. The van der Waals surface area contributed by atoms with E-state index in [4.69, 9.17) is 4.74 Å². The van der Waals surface area contributed by atoms with E-state index in [0.717, 1.165) is 38.8 Å². The monoisotopic (exact) mass is 298 g/mol. The van der Waals surface area contributed by atoms with Crippen molar-refractivity contribution in [2.75, 3.05) is 13.1 Å². The van der Waals surface area contributed by atoms with Gasteiger partial charge in [0.25, 0.3) is 0 Å². The molecule has 1 aliphatic rings. The molecule has 1 N–H and O–H groups in total. The summed E-state index contributed by atoms with van der Waals surface area (Å²) in [5.41, 5.74) is -0.409. The van der Waals surface area contributed by atoms with Crippen LogP contribution in [-0.2, 0) is 4.74 Å². The molecule has 2 atom stereocenters. The van der Waals surface area contributed by atoms with Crippen molar-refractivity contribution < 1.29 is 9.53 Å². The van der Waals surface area contributed by atoms with E-state index < -0.39 is 5.60 Å². The van der Waals surface area contributed by atoms with Crippen molar-refractivity contribution in [2.45, 2.75) is 84.9 Å². The largest absolute Gasteiger partial charge is 0.444 e. The Bertz CT molecular complexity index is 323. The molecule has 1 fully saturated rings. The van der Waals surface area contributed by atoms with Gasteiger partial charge in [0.2, 0.25) is 0 Å². The Morgan fingerprint density at radius 1 is 1.38 bits per heavy atom. The predicted octanol–water partition coefficient (Wildman–Crippen LogP) is 3.80. The van der Waals surface area contributed by atoms with Crippen molar-refractivity contribution in [3.05, 3.63) is 0 Å². The van der Waals surface area contributed by atoms with Gasteiger partial charge >= 0.3 is 6.09 Å². The second kappa shape index (κ2) is 8.02. The van der Waals surface area contributed by atoms with Crippen molar-refractivity contribution >= 4 is 6.09 Å². The van der Waals surface area contributed by atoms with Gasteiger partial charge in [0.15, 0.2) is 0 Å². The molecule has 1 rings (SSSR count). The van der Waals surface area contributed by atoms with Crippen LogP contribution in [0.5, 0.6) is 0 Å². The van der Waals surface area contributed by atoms with E-state index in [1.807, 2.05) is 25.7 Å². The molecule has 0 spiro atoms. The van der Waals surface area contributed by atoms with E-state index >= 15 is 0 Å². The predicted molar refractivity (Wildman–Crippen MR) is 87.5 cm³/mol. The van der Waals surface area contributed by atoms with E-state index in [2.05, 4.69) is 26.1 Å². The number of likely N-dealkylation sites (tertiary alicyclic amines) is 1. The van der Waals surface area contributed by atoms with Crippen molar-refractivity contribution in [1.29, 1.82) is 0 Å². The van der Waals surface area contributed by atoms with Crippen LogP contribution in [-0.4, -0.2) is 41.8 Å². The van der Waals surface area contributed by atoms with Crippen LogP contribution in [0.1, 0.15) is 67.2 Å². The summed E-state index contributed by atoms with van der Waals surface area (Å²) in [5.74, 6) is 0.653. The second-order valence-electron chi connectivity index (χ2n) is 7.47. The van der Waals surface area contributed by atoms with Crippen LogP contribution in [0.4, 0.5) is 4.79 Å². The molecule has 0 saturated carbocycles. The Labute approximate surface area is 130 Å². The lowest BCUT2D eigenvalue weighted by Crippen LogP contribution is -2.42. The molecule has 4 heteroatoms. The number of hydrogen-bond acceptors (Lipinski definition) is 3. The van der Waals surface area contributed by atoms with Gasteiger partial charge in [0.05, 0.1) is 0 Å². The van der Waals surface area contributed by atoms with E-state index in [0.29, 0.717) is 18.0 Å². The van der Waals surface area contributed by atoms with Crippen LogP contribution in [0.25, 0.3) is 0 Å². The minimum absolute atomic E-state index is 0.152. The van der Waals surface area contributed by atoms with Crippen LogP contribution in [0, 0.1) is 5.92 Å². The summed E-state index contributed by atoms with van der Waals surface area (Å²) in [4.78, 5) is 14.1. The number of amides is 1. The van der Waals surface area contributed by atoms with Gasteiger partial charge in [-0.1, -0.05) is 20.8 Å². The summed E-state index contributed by atoms with van der Waals surface area (Å²) in [5, 5.41) is 3.62. The molecule has 0 aliphatic carbocycles. The average molecular weight is 298 g/mol. The zero-order valence-electron chi connectivity index (χ0n) is 14.7. The van der Waals surface area contributed by atoms with Gasteiger partial charge in [-0.25, -0.2) is 4.79 Å². The molecule has 1 aliphatic heterocycles. The normalized spacial score (nSPS) is 20.9. The molecule has 21 heavy (non-hydrogen) atoms. The topological polar surface area (TPSA) is 41.6 Å². The third kappa shape index (κ3) is 6.25. The van der Waals surface area contributed by atoms with Crippen LogP contribution in [0.3, 0.4) is 0 Å². The van der Waals surface area contributed by atoms with Gasteiger partial charge in [0.1, 0.15) is 5.60 Å². The van der Waals surface area contributed by atoms with Gasteiger partial charge in [0, 0.05) is 18.6 Å². The number of carbonyl (C=O) groups is 1. The number of ether oxygens (including phenoxy) is 1. The van der Waals surface area contributed by atoms with Crippen molar-refractivity contribution in [3.8, 4) is 0 Å². The first-order chi connectivity index (χ1) is 9.74. The lowest BCUT2D eigenvalue weighted by molar-refractivity contribution is 0.0220. The van der Waals surface area contributed by atoms with E-state index in [9.17, 15) is 4.79 Å². The summed E-state index contributed by atoms with van der Waals surface area (Å²) in [6, 6.07) is 0.901. The Kier molecular flexibility index (Phi) is 6.98. The highest BCUT2D eigenvalue weighted by atomic mass is 16.6. The molecule has 124 valence electrons. The average Bonchev–Trinajstić information content (AvgIpc) is 2.80. The second-order valence-corrected chi connectivity index (χ2v) is 7.47. The van der Waals surface area contributed by atoms with Gasteiger partial charge in [-0.15, -0.1) is 0 Å². The summed E-state index contributed by atoms with van der Waals surface area (Å²) >= 11 is 0.